The molecule has 0 atom stereocenters. The van der Waals surface area contributed by atoms with E-state index >= 15 is 0 Å². The number of nitrogens with zero attached hydrogens (tertiary/aromatic N) is 2. The van der Waals surface area contributed by atoms with Crippen molar-refractivity contribution < 1.29 is 0 Å². The van der Waals surface area contributed by atoms with Crippen LogP contribution in [0.2, 0.25) is 0 Å². The van der Waals surface area contributed by atoms with Gasteiger partial charge in [-0.05, 0) is 73.5 Å². The Hall–Kier alpha value is -6.38. The van der Waals surface area contributed by atoms with Crippen molar-refractivity contribution in [3.05, 3.63) is 170 Å². The third-order valence-corrected chi connectivity index (χ3v) is 9.75. The van der Waals surface area contributed by atoms with E-state index in [1.807, 2.05) is 0 Å². The molecule has 10 rings (SSSR count). The lowest BCUT2D eigenvalue weighted by Crippen LogP contribution is -1.98. The molecule has 0 saturated carbocycles. The molecule has 0 bridgehead atoms. The highest BCUT2D eigenvalue weighted by Crippen LogP contribution is 2.47. The van der Waals surface area contributed by atoms with Crippen molar-refractivity contribution in [1.29, 1.82) is 0 Å². The number of hydrogen-bond acceptors (Lipinski definition) is 2. The maximum Gasteiger partial charge on any atom is 0.0980 e. The standard InChI is InChI=1S/C46H28N2/c1-3-9-29(10-4-1)32-17-19-36-27-38(23-21-34(36)25-32)43-44(48-46-41-16-8-14-31-13-7-15-40(42(31)41)45(46)47-43)39-24-22-35-26-33(18-20-37(35)28-39)30-11-5-2-6-12-30/h1-28H. The molecule has 0 amide bonds. The Morgan fingerprint density at radius 1 is 0.250 bits per heavy atom. The molecule has 0 aliphatic heterocycles. The molecule has 222 valence electrons. The van der Waals surface area contributed by atoms with Gasteiger partial charge in [-0.3, -0.25) is 0 Å². The zero-order valence-corrected chi connectivity index (χ0v) is 26.1. The van der Waals surface area contributed by atoms with Gasteiger partial charge in [0.25, 0.3) is 0 Å². The van der Waals surface area contributed by atoms with Gasteiger partial charge >= 0.3 is 0 Å². The SMILES string of the molecule is c1ccc(-c2ccc3cc(-c4nc5c(nc4-c4ccc6cc(-c7ccccc7)ccc6c4)-c4cccc6cccc-5c46)ccc3c2)cc1. The molecule has 8 aromatic carbocycles. The second-order valence-corrected chi connectivity index (χ2v) is 12.6. The minimum absolute atomic E-state index is 0.896. The summed E-state index contributed by atoms with van der Waals surface area (Å²) in [5, 5.41) is 7.21. The van der Waals surface area contributed by atoms with E-state index in [-0.39, 0.29) is 0 Å². The molecule has 2 nitrogen and oxygen atoms in total. The molecule has 1 aliphatic rings. The van der Waals surface area contributed by atoms with Crippen LogP contribution in [-0.2, 0) is 0 Å². The Labute approximate surface area is 278 Å². The minimum atomic E-state index is 0.896. The second-order valence-electron chi connectivity index (χ2n) is 12.6. The molecule has 2 heteroatoms. The highest BCUT2D eigenvalue weighted by molar-refractivity contribution is 6.14. The molecule has 48 heavy (non-hydrogen) atoms. The summed E-state index contributed by atoms with van der Waals surface area (Å²) in [7, 11) is 0. The predicted molar refractivity (Wildman–Crippen MR) is 201 cm³/mol. The smallest absolute Gasteiger partial charge is 0.0980 e. The van der Waals surface area contributed by atoms with Gasteiger partial charge in [-0.25, -0.2) is 9.97 Å². The van der Waals surface area contributed by atoms with Gasteiger partial charge < -0.3 is 0 Å². The van der Waals surface area contributed by atoms with E-state index in [0.717, 1.165) is 45.0 Å². The first-order valence-corrected chi connectivity index (χ1v) is 16.4. The summed E-state index contributed by atoms with van der Waals surface area (Å²) in [4.78, 5) is 11.0. The summed E-state index contributed by atoms with van der Waals surface area (Å²) in [6.45, 7) is 0. The third-order valence-electron chi connectivity index (χ3n) is 9.75. The first-order chi connectivity index (χ1) is 23.8. The first-order valence-electron chi connectivity index (χ1n) is 16.4. The van der Waals surface area contributed by atoms with Crippen LogP contribution in [0.4, 0.5) is 0 Å². The fraction of sp³-hybridized carbons (Fsp3) is 0. The predicted octanol–water partition coefficient (Wildman–Crippen LogP) is 12.3. The third kappa shape index (κ3) is 4.27. The molecule has 0 radical (unpaired) electrons. The zero-order chi connectivity index (χ0) is 31.6. The lowest BCUT2D eigenvalue weighted by molar-refractivity contribution is 1.23. The van der Waals surface area contributed by atoms with Crippen LogP contribution in [0, 0.1) is 0 Å². The Balaban J connectivity index is 1.16. The number of rotatable bonds is 4. The van der Waals surface area contributed by atoms with Crippen LogP contribution < -0.4 is 0 Å². The Morgan fingerprint density at radius 2 is 0.646 bits per heavy atom. The van der Waals surface area contributed by atoms with Crippen LogP contribution in [0.3, 0.4) is 0 Å². The molecule has 1 aliphatic carbocycles. The van der Waals surface area contributed by atoms with Crippen LogP contribution in [0.15, 0.2) is 170 Å². The van der Waals surface area contributed by atoms with E-state index < -0.39 is 0 Å². The molecule has 0 fully saturated rings. The number of aromatic nitrogens is 2. The summed E-state index contributed by atoms with van der Waals surface area (Å²) in [5.41, 5.74) is 13.0. The number of benzene rings is 8. The fourth-order valence-electron chi connectivity index (χ4n) is 7.36. The van der Waals surface area contributed by atoms with E-state index in [2.05, 4.69) is 170 Å². The van der Waals surface area contributed by atoms with Crippen LogP contribution >= 0.6 is 0 Å². The summed E-state index contributed by atoms with van der Waals surface area (Å²) in [6.07, 6.45) is 0. The van der Waals surface area contributed by atoms with Gasteiger partial charge in [0.05, 0.1) is 22.8 Å². The Kier molecular flexibility index (Phi) is 5.91. The zero-order valence-electron chi connectivity index (χ0n) is 26.1. The van der Waals surface area contributed by atoms with Crippen LogP contribution in [0.5, 0.6) is 0 Å². The fourth-order valence-corrected chi connectivity index (χ4v) is 7.36. The number of fused-ring (bicyclic) bond motifs is 5. The summed E-state index contributed by atoms with van der Waals surface area (Å²) in [5.74, 6) is 0. The van der Waals surface area contributed by atoms with Crippen LogP contribution in [0.25, 0.3) is 99.6 Å². The van der Waals surface area contributed by atoms with Crippen molar-refractivity contribution in [2.75, 3.05) is 0 Å². The summed E-state index contributed by atoms with van der Waals surface area (Å²) in [6, 6.07) is 60.8. The van der Waals surface area contributed by atoms with E-state index in [9.17, 15) is 0 Å². The first kappa shape index (κ1) is 26.8. The van der Waals surface area contributed by atoms with E-state index in [1.165, 1.54) is 54.6 Å². The van der Waals surface area contributed by atoms with Crippen molar-refractivity contribution in [3.63, 3.8) is 0 Å². The largest absolute Gasteiger partial charge is 0.243 e. The number of hydrogen-bond donors (Lipinski definition) is 0. The van der Waals surface area contributed by atoms with Crippen molar-refractivity contribution in [2.45, 2.75) is 0 Å². The van der Waals surface area contributed by atoms with Crippen LogP contribution in [0.1, 0.15) is 0 Å². The van der Waals surface area contributed by atoms with Gasteiger partial charge in [0.2, 0.25) is 0 Å². The van der Waals surface area contributed by atoms with Crippen molar-refractivity contribution in [1.82, 2.24) is 9.97 Å². The van der Waals surface area contributed by atoms with Crippen molar-refractivity contribution in [2.24, 2.45) is 0 Å². The van der Waals surface area contributed by atoms with E-state index in [1.54, 1.807) is 0 Å². The van der Waals surface area contributed by atoms with Crippen molar-refractivity contribution in [3.8, 4) is 67.3 Å². The molecule has 0 spiro atoms. The highest BCUT2D eigenvalue weighted by atomic mass is 14.9. The van der Waals surface area contributed by atoms with Gasteiger partial charge in [-0.1, -0.05) is 146 Å². The molecule has 9 aromatic rings. The lowest BCUT2D eigenvalue weighted by atomic mass is 9.96. The lowest BCUT2D eigenvalue weighted by Gasteiger charge is -2.14. The van der Waals surface area contributed by atoms with Gasteiger partial charge in [0.15, 0.2) is 0 Å². The molecule has 1 aromatic heterocycles. The van der Waals surface area contributed by atoms with Crippen molar-refractivity contribution >= 4 is 32.3 Å². The topological polar surface area (TPSA) is 25.8 Å². The maximum atomic E-state index is 5.48. The van der Waals surface area contributed by atoms with Gasteiger partial charge in [-0.2, -0.15) is 0 Å². The molecular weight excluding hydrogens is 581 g/mol. The second kappa shape index (κ2) is 10.6. The molecule has 0 saturated heterocycles. The van der Waals surface area contributed by atoms with Gasteiger partial charge in [0.1, 0.15) is 0 Å². The van der Waals surface area contributed by atoms with E-state index in [0.29, 0.717) is 0 Å². The maximum absolute atomic E-state index is 5.48. The van der Waals surface area contributed by atoms with E-state index in [4.69, 9.17) is 9.97 Å². The monoisotopic (exact) mass is 608 g/mol. The summed E-state index contributed by atoms with van der Waals surface area (Å²) >= 11 is 0. The molecule has 0 unspecified atom stereocenters. The van der Waals surface area contributed by atoms with Crippen LogP contribution in [-0.4, -0.2) is 9.97 Å². The average molecular weight is 609 g/mol. The molecule has 1 heterocycles. The molecule has 0 N–H and O–H groups in total. The van der Waals surface area contributed by atoms with Gasteiger partial charge in [-0.15, -0.1) is 0 Å². The Morgan fingerprint density at radius 3 is 1.08 bits per heavy atom. The average Bonchev–Trinajstić information content (AvgIpc) is 3.48. The Bertz CT molecular complexity index is 2530. The molecular formula is C46H28N2. The normalized spacial score (nSPS) is 11.8. The van der Waals surface area contributed by atoms with Gasteiger partial charge in [0, 0.05) is 27.6 Å². The minimum Gasteiger partial charge on any atom is -0.243 e. The highest BCUT2D eigenvalue weighted by Gasteiger charge is 2.27. The quantitative estimate of drug-likeness (QED) is 0.199. The summed E-state index contributed by atoms with van der Waals surface area (Å²) < 4.78 is 0.